The van der Waals surface area contributed by atoms with Crippen molar-refractivity contribution >= 4 is 15.7 Å². The first kappa shape index (κ1) is 12.8. The summed E-state index contributed by atoms with van der Waals surface area (Å²) in [5.74, 6) is 0.165. The Morgan fingerprint density at radius 2 is 2.00 bits per heavy atom. The number of nitrogens with one attached hydrogen (secondary N) is 1. The highest BCUT2D eigenvalue weighted by Crippen LogP contribution is 2.30. The molecule has 0 radical (unpaired) electrons. The lowest BCUT2D eigenvalue weighted by atomic mass is 9.94. The third-order valence-electron chi connectivity index (χ3n) is 3.71. The van der Waals surface area contributed by atoms with Crippen molar-refractivity contribution in [1.29, 1.82) is 0 Å². The molecule has 1 atom stereocenters. The molecule has 3 N–H and O–H groups in total. The molecule has 98 valence electrons. The van der Waals surface area contributed by atoms with Gasteiger partial charge in [0, 0.05) is 18.0 Å². The first-order valence-electron chi connectivity index (χ1n) is 6.17. The molecule has 2 rings (SSSR count). The summed E-state index contributed by atoms with van der Waals surface area (Å²) in [4.78, 5) is 11.8. The van der Waals surface area contributed by atoms with Crippen LogP contribution in [-0.2, 0) is 14.6 Å². The van der Waals surface area contributed by atoms with Gasteiger partial charge < -0.3 is 11.1 Å². The lowest BCUT2D eigenvalue weighted by molar-refractivity contribution is -0.122. The maximum atomic E-state index is 11.8. The topological polar surface area (TPSA) is 89.3 Å². The normalized spacial score (nSPS) is 30.3. The van der Waals surface area contributed by atoms with E-state index in [0.717, 1.165) is 25.7 Å². The van der Waals surface area contributed by atoms with Gasteiger partial charge in [0.1, 0.15) is 0 Å². The van der Waals surface area contributed by atoms with Crippen LogP contribution in [0, 0.1) is 0 Å². The van der Waals surface area contributed by atoms with E-state index < -0.39 is 9.84 Å². The van der Waals surface area contributed by atoms with Gasteiger partial charge in [-0.05, 0) is 19.3 Å². The Morgan fingerprint density at radius 1 is 1.35 bits per heavy atom. The van der Waals surface area contributed by atoms with Gasteiger partial charge in [0.2, 0.25) is 5.91 Å². The fraction of sp³-hybridized carbons (Fsp3) is 0.909. The Balaban J connectivity index is 1.82. The van der Waals surface area contributed by atoms with E-state index >= 15 is 0 Å². The molecule has 0 aromatic rings. The zero-order valence-corrected chi connectivity index (χ0v) is 10.8. The molecule has 1 aliphatic heterocycles. The van der Waals surface area contributed by atoms with Gasteiger partial charge in [-0.2, -0.15) is 0 Å². The van der Waals surface area contributed by atoms with Gasteiger partial charge in [-0.25, -0.2) is 8.42 Å². The van der Waals surface area contributed by atoms with Crippen LogP contribution in [0.5, 0.6) is 0 Å². The standard InChI is InChI=1S/C11H20N2O3S/c12-11(4-1-2-5-11)7-10(14)13-9-3-6-17(15,16)8-9/h9H,1-8,12H2,(H,13,14). The Morgan fingerprint density at radius 3 is 2.53 bits per heavy atom. The first-order valence-corrected chi connectivity index (χ1v) is 7.99. The summed E-state index contributed by atoms with van der Waals surface area (Å²) in [6.07, 6.45) is 4.81. The van der Waals surface area contributed by atoms with Crippen molar-refractivity contribution in [2.24, 2.45) is 5.73 Å². The molecule has 0 aromatic carbocycles. The minimum atomic E-state index is -2.93. The molecule has 1 saturated heterocycles. The molecule has 5 nitrogen and oxygen atoms in total. The second kappa shape index (κ2) is 4.57. The fourth-order valence-electron chi connectivity index (χ4n) is 2.76. The number of carbonyl (C=O) groups is 1. The van der Waals surface area contributed by atoms with Crippen LogP contribution >= 0.6 is 0 Å². The molecular weight excluding hydrogens is 240 g/mol. The van der Waals surface area contributed by atoms with Crippen molar-refractivity contribution in [1.82, 2.24) is 5.32 Å². The summed E-state index contributed by atoms with van der Waals surface area (Å²) in [5.41, 5.74) is 5.75. The van der Waals surface area contributed by atoms with E-state index in [1.807, 2.05) is 0 Å². The van der Waals surface area contributed by atoms with Gasteiger partial charge in [-0.3, -0.25) is 4.79 Å². The number of amides is 1. The minimum absolute atomic E-state index is 0.0797. The van der Waals surface area contributed by atoms with E-state index in [2.05, 4.69) is 5.32 Å². The van der Waals surface area contributed by atoms with Crippen molar-refractivity contribution in [3.05, 3.63) is 0 Å². The van der Waals surface area contributed by atoms with Crippen molar-refractivity contribution in [2.45, 2.75) is 50.1 Å². The van der Waals surface area contributed by atoms with E-state index in [1.165, 1.54) is 0 Å². The molecular formula is C11H20N2O3S. The van der Waals surface area contributed by atoms with Crippen LogP contribution in [0.1, 0.15) is 38.5 Å². The average Bonchev–Trinajstić information content (AvgIpc) is 2.73. The van der Waals surface area contributed by atoms with Gasteiger partial charge in [0.25, 0.3) is 0 Å². The molecule has 1 saturated carbocycles. The number of rotatable bonds is 3. The Kier molecular flexibility index (Phi) is 3.45. The van der Waals surface area contributed by atoms with Crippen LogP contribution in [0.3, 0.4) is 0 Å². The Labute approximate surface area is 102 Å². The van der Waals surface area contributed by atoms with Crippen LogP contribution in [0.25, 0.3) is 0 Å². The number of nitrogens with two attached hydrogens (primary N) is 1. The van der Waals surface area contributed by atoms with Gasteiger partial charge in [0.15, 0.2) is 9.84 Å². The third-order valence-corrected chi connectivity index (χ3v) is 5.48. The monoisotopic (exact) mass is 260 g/mol. The van der Waals surface area contributed by atoms with Crippen molar-refractivity contribution in [3.63, 3.8) is 0 Å². The predicted octanol–water partition coefficient (Wildman–Crippen LogP) is -0.0487. The summed E-state index contributed by atoms with van der Waals surface area (Å²) in [7, 11) is -2.93. The molecule has 1 aliphatic carbocycles. The van der Waals surface area contributed by atoms with Crippen LogP contribution < -0.4 is 11.1 Å². The molecule has 1 unspecified atom stereocenters. The number of hydrogen-bond donors (Lipinski definition) is 2. The predicted molar refractivity (Wildman–Crippen MR) is 65.2 cm³/mol. The maximum absolute atomic E-state index is 11.8. The Hall–Kier alpha value is -0.620. The average molecular weight is 260 g/mol. The molecule has 1 heterocycles. The molecule has 0 spiro atoms. The van der Waals surface area contributed by atoms with E-state index in [0.29, 0.717) is 12.8 Å². The summed E-state index contributed by atoms with van der Waals surface area (Å²) in [5, 5.41) is 2.79. The van der Waals surface area contributed by atoms with Crippen molar-refractivity contribution < 1.29 is 13.2 Å². The summed E-state index contributed by atoms with van der Waals surface area (Å²) in [6.45, 7) is 0. The maximum Gasteiger partial charge on any atom is 0.222 e. The van der Waals surface area contributed by atoms with Crippen LogP contribution in [0.4, 0.5) is 0 Å². The Bertz CT molecular complexity index is 399. The van der Waals surface area contributed by atoms with Gasteiger partial charge in [0.05, 0.1) is 11.5 Å². The van der Waals surface area contributed by atoms with Gasteiger partial charge in [-0.15, -0.1) is 0 Å². The molecule has 2 fully saturated rings. The molecule has 0 bridgehead atoms. The van der Waals surface area contributed by atoms with Crippen LogP contribution in [0.15, 0.2) is 0 Å². The minimum Gasteiger partial charge on any atom is -0.352 e. The second-order valence-electron chi connectivity index (χ2n) is 5.41. The zero-order chi connectivity index (χ0) is 12.5. The molecule has 2 aliphatic rings. The number of hydrogen-bond acceptors (Lipinski definition) is 4. The van der Waals surface area contributed by atoms with E-state index in [9.17, 15) is 13.2 Å². The molecule has 6 heteroatoms. The summed E-state index contributed by atoms with van der Waals surface area (Å²) < 4.78 is 22.5. The van der Waals surface area contributed by atoms with E-state index in [-0.39, 0.29) is 29.0 Å². The molecule has 0 aromatic heterocycles. The summed E-state index contributed by atoms with van der Waals surface area (Å²) in [6, 6.07) is -0.211. The lowest BCUT2D eigenvalue weighted by Gasteiger charge is -2.23. The van der Waals surface area contributed by atoms with Crippen LogP contribution in [-0.4, -0.2) is 37.4 Å². The lowest BCUT2D eigenvalue weighted by Crippen LogP contribution is -2.45. The van der Waals surface area contributed by atoms with Crippen molar-refractivity contribution in [2.75, 3.05) is 11.5 Å². The zero-order valence-electron chi connectivity index (χ0n) is 9.94. The SMILES string of the molecule is NC1(CC(=O)NC2CCS(=O)(=O)C2)CCCC1. The second-order valence-corrected chi connectivity index (χ2v) is 7.64. The highest BCUT2D eigenvalue weighted by molar-refractivity contribution is 7.91. The van der Waals surface area contributed by atoms with Crippen LogP contribution in [0.2, 0.25) is 0 Å². The fourth-order valence-corrected chi connectivity index (χ4v) is 4.44. The smallest absolute Gasteiger partial charge is 0.222 e. The summed E-state index contributed by atoms with van der Waals surface area (Å²) >= 11 is 0. The number of sulfone groups is 1. The van der Waals surface area contributed by atoms with Crippen molar-refractivity contribution in [3.8, 4) is 0 Å². The molecule has 1 amide bonds. The highest BCUT2D eigenvalue weighted by atomic mass is 32.2. The third kappa shape index (κ3) is 3.42. The van der Waals surface area contributed by atoms with Gasteiger partial charge in [-0.1, -0.05) is 12.8 Å². The largest absolute Gasteiger partial charge is 0.352 e. The van der Waals surface area contributed by atoms with E-state index in [4.69, 9.17) is 5.73 Å². The highest BCUT2D eigenvalue weighted by Gasteiger charge is 2.34. The quantitative estimate of drug-likeness (QED) is 0.744. The number of carbonyl (C=O) groups excluding carboxylic acids is 1. The molecule has 17 heavy (non-hydrogen) atoms. The first-order chi connectivity index (χ1) is 7.89. The van der Waals surface area contributed by atoms with E-state index in [1.54, 1.807) is 0 Å². The van der Waals surface area contributed by atoms with Gasteiger partial charge >= 0.3 is 0 Å².